The van der Waals surface area contributed by atoms with Gasteiger partial charge in [0.15, 0.2) is 0 Å². The minimum Gasteiger partial charge on any atom is -0.228 e. The van der Waals surface area contributed by atoms with E-state index in [4.69, 9.17) is 0 Å². The number of rotatable bonds is 3. The smallest absolute Gasteiger partial charge is 0.228 e. The van der Waals surface area contributed by atoms with E-state index in [9.17, 15) is 43.2 Å². The number of benzene rings is 1. The Bertz CT molecular complexity index is 984. The zero-order valence-corrected chi connectivity index (χ0v) is 16.3. The lowest BCUT2D eigenvalue weighted by Gasteiger charge is -2.31. The number of primary sulfonamides is 1. The van der Waals surface area contributed by atoms with Crippen molar-refractivity contribution < 1.29 is 43.2 Å². The molecule has 29 heavy (non-hydrogen) atoms. The van der Waals surface area contributed by atoms with Gasteiger partial charge in [0.1, 0.15) is 0 Å². The summed E-state index contributed by atoms with van der Waals surface area (Å²) >= 11 is 0. The summed E-state index contributed by atoms with van der Waals surface area (Å²) in [4.78, 5) is -0.419. The van der Waals surface area contributed by atoms with Gasteiger partial charge in [0.25, 0.3) is 0 Å². The predicted octanol–water partition coefficient (Wildman–Crippen LogP) is 2.97. The van der Waals surface area contributed by atoms with Crippen LogP contribution < -0.4 is 9.86 Å². The van der Waals surface area contributed by atoms with Crippen LogP contribution in [-0.2, 0) is 20.0 Å². The lowest BCUT2D eigenvalue weighted by molar-refractivity contribution is -0.149. The van der Waals surface area contributed by atoms with Crippen LogP contribution in [0.2, 0.25) is 0 Å². The third-order valence-corrected chi connectivity index (χ3v) is 6.58. The Kier molecular flexibility index (Phi) is 7.33. The molecule has 0 heterocycles. The Balaban J connectivity index is 0.000000291. The summed E-state index contributed by atoms with van der Waals surface area (Å²) in [7, 11) is -9.22. The summed E-state index contributed by atoms with van der Waals surface area (Å²) in [5, 5.41) is 4.65. The van der Waals surface area contributed by atoms with E-state index in [-0.39, 0.29) is 0 Å². The van der Waals surface area contributed by atoms with Crippen molar-refractivity contribution in [2.75, 3.05) is 0 Å². The summed E-state index contributed by atoms with van der Waals surface area (Å²) in [6.45, 7) is 1.58. The van der Waals surface area contributed by atoms with Gasteiger partial charge in [-0.15, -0.1) is 4.72 Å². The zero-order chi connectivity index (χ0) is 22.7. The molecule has 2 rings (SSSR count). The van der Waals surface area contributed by atoms with Crippen LogP contribution in [0.15, 0.2) is 59.0 Å². The molecule has 0 aromatic heterocycles. The molecule has 6 nitrogen and oxygen atoms in total. The summed E-state index contributed by atoms with van der Waals surface area (Å²) in [5.41, 5.74) is 0.582. The van der Waals surface area contributed by atoms with Gasteiger partial charge < -0.3 is 0 Å². The number of hydrogen-bond donors (Lipinski definition) is 2. The highest BCUT2D eigenvalue weighted by molar-refractivity contribution is 7.90. The number of sulfonamides is 2. The van der Waals surface area contributed by atoms with Gasteiger partial charge in [-0.05, 0) is 25.5 Å². The predicted molar refractivity (Wildman–Crippen MR) is 92.2 cm³/mol. The van der Waals surface area contributed by atoms with Crippen LogP contribution in [-0.4, -0.2) is 34.1 Å². The third kappa shape index (κ3) is 6.55. The lowest BCUT2D eigenvalue weighted by atomic mass is 9.96. The minimum absolute atomic E-state index is 0.419. The fraction of sp³-hybridized carbons (Fsp3) is 0.333. The number of halogens is 6. The van der Waals surface area contributed by atoms with Crippen LogP contribution in [0, 0.1) is 0 Å². The summed E-state index contributed by atoms with van der Waals surface area (Å²) in [6, 6.07) is 6.34. The standard InChI is InChI=1S/C8H10F3NO2S.C7H6F3NO2S/c1-6-2-4-7(5-3-6,8(9,10)11)15(12,13)14;8-7(9,10)11-14(12,13)6-4-2-1-3-5-6/h2-4H,5H2,1H3,(H2,12,13,14);1-5,11H. The summed E-state index contributed by atoms with van der Waals surface area (Å²) in [5.74, 6) is 0. The molecule has 1 aromatic carbocycles. The number of allylic oxidation sites excluding steroid dienone is 3. The minimum atomic E-state index is -4.95. The Morgan fingerprint density at radius 2 is 1.52 bits per heavy atom. The van der Waals surface area contributed by atoms with E-state index in [1.165, 1.54) is 24.3 Å². The van der Waals surface area contributed by atoms with Gasteiger partial charge in [-0.1, -0.05) is 42.0 Å². The average molecular weight is 466 g/mol. The molecule has 0 saturated heterocycles. The molecule has 0 radical (unpaired) electrons. The van der Waals surface area contributed by atoms with Crippen LogP contribution in [0.3, 0.4) is 0 Å². The molecule has 0 aliphatic heterocycles. The molecule has 0 spiro atoms. The zero-order valence-electron chi connectivity index (χ0n) is 14.6. The van der Waals surface area contributed by atoms with Crippen LogP contribution in [0.5, 0.6) is 0 Å². The Hall–Kier alpha value is -1.90. The molecule has 164 valence electrons. The fourth-order valence-electron chi connectivity index (χ4n) is 2.11. The van der Waals surface area contributed by atoms with E-state index < -0.39 is 48.6 Å². The number of nitrogens with one attached hydrogen (secondary N) is 1. The van der Waals surface area contributed by atoms with Gasteiger partial charge in [0.2, 0.25) is 24.8 Å². The molecule has 1 atom stereocenters. The van der Waals surface area contributed by atoms with Crippen LogP contribution >= 0.6 is 0 Å². The fourth-order valence-corrected chi connectivity index (χ4v) is 3.94. The van der Waals surface area contributed by atoms with E-state index >= 15 is 0 Å². The molecule has 1 aliphatic carbocycles. The Labute approximate surface area is 163 Å². The summed E-state index contributed by atoms with van der Waals surface area (Å²) < 4.78 is 115. The van der Waals surface area contributed by atoms with Crippen molar-refractivity contribution in [1.82, 2.24) is 4.72 Å². The van der Waals surface area contributed by atoms with E-state index in [0.29, 0.717) is 16.4 Å². The molecule has 1 aliphatic rings. The first-order valence-electron chi connectivity index (χ1n) is 7.52. The van der Waals surface area contributed by atoms with Crippen molar-refractivity contribution >= 4 is 20.0 Å². The quantitative estimate of drug-likeness (QED) is 0.528. The highest BCUT2D eigenvalue weighted by atomic mass is 32.2. The molecule has 0 amide bonds. The molecular formula is C15H16F6N2O4S2. The molecule has 1 aromatic rings. The van der Waals surface area contributed by atoms with Gasteiger partial charge in [-0.25, -0.2) is 22.0 Å². The van der Waals surface area contributed by atoms with Gasteiger partial charge in [0.05, 0.1) is 4.90 Å². The highest BCUT2D eigenvalue weighted by Crippen LogP contribution is 2.42. The van der Waals surface area contributed by atoms with E-state index in [1.807, 2.05) is 0 Å². The van der Waals surface area contributed by atoms with E-state index in [2.05, 4.69) is 5.14 Å². The molecule has 0 fully saturated rings. The van der Waals surface area contributed by atoms with E-state index in [1.54, 1.807) is 6.92 Å². The first-order chi connectivity index (χ1) is 12.9. The topological polar surface area (TPSA) is 106 Å². The van der Waals surface area contributed by atoms with Crippen LogP contribution in [0.1, 0.15) is 13.3 Å². The van der Waals surface area contributed by atoms with Gasteiger partial charge in [-0.3, -0.25) is 0 Å². The molecule has 14 heteroatoms. The Morgan fingerprint density at radius 1 is 1.00 bits per heavy atom. The highest BCUT2D eigenvalue weighted by Gasteiger charge is 2.61. The maximum atomic E-state index is 12.7. The normalized spacial score (nSPS) is 20.5. The Morgan fingerprint density at radius 3 is 1.86 bits per heavy atom. The first-order valence-corrected chi connectivity index (χ1v) is 10.5. The molecule has 1 unspecified atom stereocenters. The second kappa shape index (κ2) is 8.45. The number of alkyl halides is 6. The van der Waals surface area contributed by atoms with Gasteiger partial charge >= 0.3 is 12.5 Å². The van der Waals surface area contributed by atoms with Crippen molar-refractivity contribution in [3.05, 3.63) is 54.1 Å². The number of nitrogens with two attached hydrogens (primary N) is 1. The van der Waals surface area contributed by atoms with Crippen molar-refractivity contribution in [3.63, 3.8) is 0 Å². The van der Waals surface area contributed by atoms with Crippen LogP contribution in [0.25, 0.3) is 0 Å². The van der Waals surface area contributed by atoms with Crippen LogP contribution in [0.4, 0.5) is 26.3 Å². The maximum absolute atomic E-state index is 12.7. The van der Waals surface area contributed by atoms with Crippen molar-refractivity contribution in [1.29, 1.82) is 0 Å². The van der Waals surface area contributed by atoms with Gasteiger partial charge in [0, 0.05) is 0 Å². The largest absolute Gasteiger partial charge is 0.470 e. The van der Waals surface area contributed by atoms with E-state index in [0.717, 1.165) is 18.2 Å². The molecular weight excluding hydrogens is 450 g/mol. The van der Waals surface area contributed by atoms with Crippen molar-refractivity contribution in [2.45, 2.75) is 35.5 Å². The van der Waals surface area contributed by atoms with Gasteiger partial charge in [-0.2, -0.15) is 26.3 Å². The molecule has 0 bridgehead atoms. The monoisotopic (exact) mass is 466 g/mol. The SMILES string of the molecule is CC1=CCC(C(F)(F)F)(S(N)(=O)=O)C=C1.O=S(=O)(NC(F)(F)F)c1ccccc1. The first kappa shape index (κ1) is 25.1. The average Bonchev–Trinajstić information content (AvgIpc) is 2.52. The van der Waals surface area contributed by atoms with Crippen molar-refractivity contribution in [3.8, 4) is 0 Å². The summed E-state index contributed by atoms with van der Waals surface area (Å²) in [6.07, 6.45) is -7.60. The second-order valence-corrected chi connectivity index (χ2v) is 9.34. The molecule has 0 saturated carbocycles. The third-order valence-electron chi connectivity index (χ3n) is 3.63. The molecule has 3 N–H and O–H groups in total. The second-order valence-electron chi connectivity index (χ2n) is 5.83. The number of hydrogen-bond acceptors (Lipinski definition) is 4. The lowest BCUT2D eigenvalue weighted by Crippen LogP contribution is -2.53. The maximum Gasteiger partial charge on any atom is 0.470 e. The van der Waals surface area contributed by atoms with Crippen molar-refractivity contribution in [2.24, 2.45) is 5.14 Å².